The molecule has 0 radical (unpaired) electrons. The maximum Gasteiger partial charge on any atom is 0.349 e. The molecule has 1 heterocycles. The summed E-state index contributed by atoms with van der Waals surface area (Å²) in [5.74, 6) is 0.172. The van der Waals surface area contributed by atoms with Crippen molar-refractivity contribution in [3.05, 3.63) is 22.2 Å². The van der Waals surface area contributed by atoms with Gasteiger partial charge >= 0.3 is 5.69 Å². The lowest BCUT2D eigenvalue weighted by Gasteiger charge is -2.20. The van der Waals surface area contributed by atoms with Crippen LogP contribution in [0.2, 0.25) is 0 Å². The van der Waals surface area contributed by atoms with E-state index in [1.165, 1.54) is 17.9 Å². The van der Waals surface area contributed by atoms with Crippen molar-refractivity contribution in [2.45, 2.75) is 25.7 Å². The van der Waals surface area contributed by atoms with Crippen LogP contribution in [-0.4, -0.2) is 45.7 Å². The third kappa shape index (κ3) is 3.26. The van der Waals surface area contributed by atoms with E-state index in [2.05, 4.69) is 4.98 Å². The molecular formula is C10H17N3O4. The van der Waals surface area contributed by atoms with Crippen LogP contribution in [0.1, 0.15) is 5.56 Å². The normalized spacial score (nSPS) is 14.6. The Labute approximate surface area is 98.5 Å². The van der Waals surface area contributed by atoms with E-state index in [1.807, 2.05) is 0 Å². The number of methoxy groups -OCH3 is 1. The number of ether oxygens (including phenoxy) is 1. The largest absolute Gasteiger partial charge is 0.394 e. The predicted octanol–water partition coefficient (Wildman–Crippen LogP) is -1.50. The zero-order chi connectivity index (χ0) is 13.0. The van der Waals surface area contributed by atoms with Gasteiger partial charge in [-0.15, -0.1) is 0 Å². The van der Waals surface area contributed by atoms with Crippen molar-refractivity contribution >= 4 is 5.82 Å². The van der Waals surface area contributed by atoms with Gasteiger partial charge in [0.05, 0.1) is 13.2 Å². The third-order valence-electron chi connectivity index (χ3n) is 2.51. The highest BCUT2D eigenvalue weighted by atomic mass is 16.5. The second-order valence-electron chi connectivity index (χ2n) is 3.77. The number of aryl methyl sites for hydroxylation is 1. The van der Waals surface area contributed by atoms with Gasteiger partial charge in [0.2, 0.25) is 0 Å². The summed E-state index contributed by atoms with van der Waals surface area (Å²) in [4.78, 5) is 15.1. The minimum atomic E-state index is -0.993. The van der Waals surface area contributed by atoms with Gasteiger partial charge < -0.3 is 20.7 Å². The monoisotopic (exact) mass is 243 g/mol. The van der Waals surface area contributed by atoms with Crippen molar-refractivity contribution in [1.82, 2.24) is 9.55 Å². The van der Waals surface area contributed by atoms with Gasteiger partial charge in [0.15, 0.2) is 0 Å². The average Bonchev–Trinajstić information content (AvgIpc) is 2.27. The first kappa shape index (κ1) is 13.6. The second kappa shape index (κ2) is 5.76. The smallest absolute Gasteiger partial charge is 0.349 e. The number of nitrogens with zero attached hydrogens (tertiary/aromatic N) is 2. The Kier molecular flexibility index (Phi) is 4.62. The zero-order valence-corrected chi connectivity index (χ0v) is 9.83. The molecule has 0 unspecified atom stereocenters. The van der Waals surface area contributed by atoms with Crippen molar-refractivity contribution in [2.24, 2.45) is 0 Å². The lowest BCUT2D eigenvalue weighted by Crippen LogP contribution is -2.38. The fraction of sp³-hybridized carbons (Fsp3) is 0.600. The Morgan fingerprint density at radius 2 is 2.29 bits per heavy atom. The lowest BCUT2D eigenvalue weighted by atomic mass is 10.2. The molecule has 0 fully saturated rings. The number of hydrogen-bond donors (Lipinski definition) is 3. The summed E-state index contributed by atoms with van der Waals surface area (Å²) in [6, 6.07) is 0. The van der Waals surface area contributed by atoms with Crippen LogP contribution in [0.3, 0.4) is 0 Å². The first-order valence-electron chi connectivity index (χ1n) is 5.14. The Bertz CT molecular complexity index is 428. The molecule has 0 aromatic carbocycles. The van der Waals surface area contributed by atoms with Crippen LogP contribution in [0.25, 0.3) is 0 Å². The van der Waals surface area contributed by atoms with E-state index in [1.54, 1.807) is 6.92 Å². The third-order valence-corrected chi connectivity index (χ3v) is 2.51. The summed E-state index contributed by atoms with van der Waals surface area (Å²) in [6.45, 7) is 1.38. The first-order valence-corrected chi connectivity index (χ1v) is 5.14. The molecule has 96 valence electrons. The molecule has 2 atom stereocenters. The van der Waals surface area contributed by atoms with Crippen LogP contribution in [0, 0.1) is 6.92 Å². The number of nitrogens with two attached hydrogens (primary N) is 1. The molecule has 17 heavy (non-hydrogen) atoms. The fourth-order valence-electron chi connectivity index (χ4n) is 1.41. The highest BCUT2D eigenvalue weighted by molar-refractivity contribution is 5.35. The highest BCUT2D eigenvalue weighted by Gasteiger charge is 2.19. The van der Waals surface area contributed by atoms with Gasteiger partial charge in [-0.25, -0.2) is 4.79 Å². The van der Waals surface area contributed by atoms with E-state index in [0.29, 0.717) is 5.56 Å². The van der Waals surface area contributed by atoms with E-state index >= 15 is 0 Å². The maximum atomic E-state index is 11.5. The van der Waals surface area contributed by atoms with Crippen molar-refractivity contribution < 1.29 is 14.9 Å². The molecule has 0 aliphatic heterocycles. The van der Waals surface area contributed by atoms with E-state index in [9.17, 15) is 9.90 Å². The SMILES string of the molecule is CO[C@H](CO)[C@@H](O)Cn1cc(C)c(N)nc1=O. The fourth-order valence-corrected chi connectivity index (χ4v) is 1.41. The molecule has 7 nitrogen and oxygen atoms in total. The van der Waals surface area contributed by atoms with Crippen molar-refractivity contribution in [1.29, 1.82) is 0 Å². The first-order chi connectivity index (χ1) is 7.99. The number of aliphatic hydroxyl groups is 2. The van der Waals surface area contributed by atoms with Gasteiger partial charge in [-0.3, -0.25) is 4.57 Å². The molecule has 0 bridgehead atoms. The molecule has 0 aliphatic carbocycles. The van der Waals surface area contributed by atoms with Crippen LogP contribution in [0.4, 0.5) is 5.82 Å². The van der Waals surface area contributed by atoms with Gasteiger partial charge in [0.1, 0.15) is 18.0 Å². The van der Waals surface area contributed by atoms with Crippen molar-refractivity contribution in [3.8, 4) is 0 Å². The summed E-state index contributed by atoms with van der Waals surface area (Å²) in [6.07, 6.45) is -0.217. The molecule has 4 N–H and O–H groups in total. The lowest BCUT2D eigenvalue weighted by molar-refractivity contribution is -0.0475. The van der Waals surface area contributed by atoms with E-state index in [0.717, 1.165) is 0 Å². The Morgan fingerprint density at radius 3 is 2.82 bits per heavy atom. The average molecular weight is 243 g/mol. The number of rotatable bonds is 5. The van der Waals surface area contributed by atoms with E-state index in [4.69, 9.17) is 15.6 Å². The van der Waals surface area contributed by atoms with Crippen molar-refractivity contribution in [3.63, 3.8) is 0 Å². The number of aliphatic hydroxyl groups excluding tert-OH is 2. The summed E-state index contributed by atoms with van der Waals surface area (Å²) in [7, 11) is 1.37. The van der Waals surface area contributed by atoms with Crippen LogP contribution >= 0.6 is 0 Å². The van der Waals surface area contributed by atoms with Gasteiger partial charge in [-0.1, -0.05) is 0 Å². The van der Waals surface area contributed by atoms with Gasteiger partial charge in [-0.2, -0.15) is 4.98 Å². The van der Waals surface area contributed by atoms with Crippen LogP contribution in [-0.2, 0) is 11.3 Å². The van der Waals surface area contributed by atoms with Crippen LogP contribution < -0.4 is 11.4 Å². The molecule has 0 saturated carbocycles. The minimum Gasteiger partial charge on any atom is -0.394 e. The van der Waals surface area contributed by atoms with E-state index in [-0.39, 0.29) is 19.0 Å². The topological polar surface area (TPSA) is 111 Å². The summed E-state index contributed by atoms with van der Waals surface area (Å²) in [5.41, 5.74) is 5.59. The summed E-state index contributed by atoms with van der Waals surface area (Å²) >= 11 is 0. The number of aromatic nitrogens is 2. The van der Waals surface area contributed by atoms with Crippen molar-refractivity contribution in [2.75, 3.05) is 19.5 Å². The van der Waals surface area contributed by atoms with Gasteiger partial charge in [0, 0.05) is 18.9 Å². The Balaban J connectivity index is 2.88. The molecule has 1 aromatic heterocycles. The van der Waals surface area contributed by atoms with Crippen LogP contribution in [0.5, 0.6) is 0 Å². The number of nitrogen functional groups attached to an aromatic ring is 1. The molecule has 7 heteroatoms. The maximum absolute atomic E-state index is 11.5. The van der Waals surface area contributed by atoms with Gasteiger partial charge in [0.25, 0.3) is 0 Å². The van der Waals surface area contributed by atoms with Crippen LogP contribution in [0.15, 0.2) is 11.0 Å². The summed E-state index contributed by atoms with van der Waals surface area (Å²) in [5, 5.41) is 18.7. The van der Waals surface area contributed by atoms with Gasteiger partial charge in [-0.05, 0) is 6.92 Å². The molecule has 0 aliphatic rings. The quantitative estimate of drug-likeness (QED) is 0.580. The molecule has 1 aromatic rings. The molecule has 0 amide bonds. The van der Waals surface area contributed by atoms with E-state index < -0.39 is 17.9 Å². The Morgan fingerprint density at radius 1 is 1.65 bits per heavy atom. The second-order valence-corrected chi connectivity index (χ2v) is 3.77. The standard InChI is InChI=1S/C10H17N3O4/c1-6-3-13(10(16)12-9(6)11)4-7(15)8(5-14)17-2/h3,7-8,14-15H,4-5H2,1-2H3,(H2,11,12,16)/t7-,8+/m0/s1. The minimum absolute atomic E-state index is 0.00792. The molecular weight excluding hydrogens is 226 g/mol. The molecule has 1 rings (SSSR count). The number of hydrogen-bond acceptors (Lipinski definition) is 6. The predicted molar refractivity (Wildman–Crippen MR) is 61.5 cm³/mol. The zero-order valence-electron chi connectivity index (χ0n) is 9.83. The highest BCUT2D eigenvalue weighted by Crippen LogP contribution is 2.04. The molecule has 0 spiro atoms. The molecule has 0 saturated heterocycles. The Hall–Kier alpha value is -1.44. The number of anilines is 1. The summed E-state index contributed by atoms with van der Waals surface area (Å²) < 4.78 is 6.10.